The molecule has 6 aliphatic heterocycles. The van der Waals surface area contributed by atoms with E-state index in [-0.39, 0.29) is 24.8 Å². The van der Waals surface area contributed by atoms with Crippen molar-refractivity contribution in [2.24, 2.45) is 10.2 Å². The van der Waals surface area contributed by atoms with Crippen molar-refractivity contribution in [3.63, 3.8) is 0 Å². The quantitative estimate of drug-likeness (QED) is 0.0223. The highest BCUT2D eigenvalue weighted by molar-refractivity contribution is 5.77. The van der Waals surface area contributed by atoms with E-state index >= 15 is 0 Å². The summed E-state index contributed by atoms with van der Waals surface area (Å²) in [5, 5.41) is 203. The van der Waals surface area contributed by atoms with E-state index in [4.69, 9.17) is 47.4 Å². The number of aliphatic hydroxyl groups is 16. The average Bonchev–Trinajstić information content (AvgIpc) is 1.29. The van der Waals surface area contributed by atoms with E-state index in [2.05, 4.69) is 33.1 Å². The Hall–Kier alpha value is -4.55. The van der Waals surface area contributed by atoms with Crippen molar-refractivity contribution < 1.29 is 167 Å². The van der Waals surface area contributed by atoms with Crippen LogP contribution >= 0.6 is 0 Å². The normalized spacial score (nSPS) is 35.7. The van der Waals surface area contributed by atoms with Crippen LogP contribution in [0.25, 0.3) is 0 Å². The Balaban J connectivity index is 1.14. The molecule has 0 saturated carbocycles. The Morgan fingerprint density at radius 2 is 1.07 bits per heavy atom. The lowest BCUT2D eigenvalue weighted by Gasteiger charge is -2.52. The highest BCUT2D eigenvalue weighted by Crippen LogP contribution is 2.52. The molecule has 5 fully saturated rings. The predicted octanol–water partition coefficient (Wildman–Crippen LogP) is -3.53. The fourth-order valence-corrected chi connectivity index (χ4v) is 13.7. The fraction of sp³-hybridized carbons (Fsp3) is 0.851. The van der Waals surface area contributed by atoms with Gasteiger partial charge in [0.25, 0.3) is 5.79 Å². The number of alkyl halides is 3. The number of aryl methyl sites for hydroxylation is 1. The molecule has 3 amide bonds. The number of hydrogen-bond donors (Lipinski definition) is 20. The van der Waals surface area contributed by atoms with Gasteiger partial charge >= 0.3 is 17.8 Å². The van der Waals surface area contributed by atoms with Crippen LogP contribution in [0.5, 0.6) is 0 Å². The first-order valence-electron chi connectivity index (χ1n) is 36.1. The van der Waals surface area contributed by atoms with Gasteiger partial charge in [0.1, 0.15) is 116 Å². The molecule has 39 heteroatoms. The van der Waals surface area contributed by atoms with Crippen molar-refractivity contribution in [1.29, 1.82) is 0 Å². The third-order valence-electron chi connectivity index (χ3n) is 19.8. The SMILES string of the molecule is CCCCCCCCCCCCCCCC(O)C(NC(=O)CCCCc1ccc(C2(C(F)(F)F)N=N2)cc1)OC1OC(CO)C(OC2OC(CO)C(OC3OC(CO)C(O)C(OC4OC(CO)C(O)C(O)C4O)C3NC(C)=O)C(OC3(C(=O)O)CC(O)C(NC(C)=O)C(C(O)C(O)CO)O3)C2O)C(O)C1O. The first-order chi connectivity index (χ1) is 50.3. The summed E-state index contributed by atoms with van der Waals surface area (Å²) in [4.78, 5) is 53.1. The molecule has 1 aromatic rings. The Morgan fingerprint density at radius 1 is 0.566 bits per heavy atom. The molecule has 0 bridgehead atoms. The minimum atomic E-state index is -4.72. The molecule has 28 atom stereocenters. The van der Waals surface area contributed by atoms with Crippen LogP contribution in [-0.4, -0.2) is 321 Å². The fourth-order valence-electron chi connectivity index (χ4n) is 13.7. The number of hydrogen-bond acceptors (Lipinski definition) is 32. The van der Waals surface area contributed by atoms with Crippen LogP contribution in [0.1, 0.15) is 147 Å². The number of rotatable bonds is 42. The topological polar surface area (TPSA) is 565 Å². The molecule has 0 aromatic heterocycles. The molecule has 6 heterocycles. The number of unbranched alkanes of at least 4 members (excludes halogenated alkanes) is 13. The second-order valence-corrected chi connectivity index (χ2v) is 27.8. The molecule has 36 nitrogen and oxygen atoms in total. The smallest absolute Gasteiger partial charge is 0.442 e. The molecule has 1 aromatic carbocycles. The van der Waals surface area contributed by atoms with Crippen LogP contribution in [0.3, 0.4) is 0 Å². The van der Waals surface area contributed by atoms with Gasteiger partial charge in [-0.05, 0) is 31.2 Å². The summed E-state index contributed by atoms with van der Waals surface area (Å²) >= 11 is 0. The van der Waals surface area contributed by atoms with Crippen LogP contribution in [0.15, 0.2) is 34.5 Å². The number of amides is 3. The number of carbonyl (C=O) groups is 4. The number of carbonyl (C=O) groups excluding carboxylic acids is 3. The maximum absolute atomic E-state index is 13.8. The van der Waals surface area contributed by atoms with Gasteiger partial charge in [-0.2, -0.15) is 13.2 Å². The lowest BCUT2D eigenvalue weighted by atomic mass is 9.88. The second kappa shape index (κ2) is 41.1. The van der Waals surface area contributed by atoms with Gasteiger partial charge in [-0.1, -0.05) is 115 Å². The Kier molecular flexibility index (Phi) is 34.4. The van der Waals surface area contributed by atoms with Gasteiger partial charge < -0.3 is 150 Å². The highest BCUT2D eigenvalue weighted by Gasteiger charge is 2.66. The van der Waals surface area contributed by atoms with Crippen LogP contribution in [0.4, 0.5) is 13.2 Å². The maximum atomic E-state index is 13.8. The molecule has 5 saturated heterocycles. The summed E-state index contributed by atoms with van der Waals surface area (Å²) in [6, 6.07) is 1.79. The largest absolute Gasteiger partial charge is 0.477 e. The second-order valence-electron chi connectivity index (χ2n) is 27.8. The standard InChI is InChI=1S/C67H108F3N5O31/c1-4-5-6-7-8-9-10-11-12-13-14-15-16-20-36(83)59(73-43(86)21-18-17-19-34-22-24-35(25-23-34)66(74-75-66)67(68,69)70)104-62-52(93)50(91)54(41(30-79)99-62)101-63-53(94)58(106-65(64(95)96)26-37(84)44(71-32(2)81)57(105-65)46(87)38(85)27-76)55(42(31-80)100-63)102-60-45(72-33(3)82)56(48(89)40(29-78)97-60)103-61-51(92)49(90)47(88)39(28-77)98-61/h22-25,36-42,44-63,76-80,83-85,87-94H,4-21,26-31H2,1-3H3,(H,71,81)(H,72,82)(H,73,86)(H,95,96). The number of carboxylic acid groups (broad SMARTS) is 1. The van der Waals surface area contributed by atoms with E-state index in [9.17, 15) is 119 Å². The third kappa shape index (κ3) is 22.6. The summed E-state index contributed by atoms with van der Waals surface area (Å²) in [5.74, 6) is -8.14. The van der Waals surface area contributed by atoms with Crippen molar-refractivity contribution in [3.05, 3.63) is 35.4 Å². The Bertz CT molecular complexity index is 2880. The summed E-state index contributed by atoms with van der Waals surface area (Å²) < 4.78 is 101. The number of nitrogens with one attached hydrogen (secondary N) is 3. The number of carboxylic acids is 1. The number of ether oxygens (including phenoxy) is 10. The average molecular weight is 1540 g/mol. The molecule has 0 spiro atoms. The number of aliphatic carboxylic acids is 1. The number of aliphatic hydroxyl groups excluding tert-OH is 16. The zero-order chi connectivity index (χ0) is 78.0. The van der Waals surface area contributed by atoms with Crippen LogP contribution in [0, 0.1) is 0 Å². The molecule has 6 aliphatic rings. The van der Waals surface area contributed by atoms with E-state index in [0.717, 1.165) is 52.4 Å². The van der Waals surface area contributed by atoms with Gasteiger partial charge in [0.2, 0.25) is 17.7 Å². The molecule has 0 aliphatic carbocycles. The third-order valence-corrected chi connectivity index (χ3v) is 19.8. The summed E-state index contributed by atoms with van der Waals surface area (Å²) in [6.07, 6.45) is -44.6. The lowest BCUT2D eigenvalue weighted by molar-refractivity contribution is -0.404. The molecular weight excluding hydrogens is 1430 g/mol. The number of halogens is 3. The van der Waals surface area contributed by atoms with Crippen LogP contribution in [0.2, 0.25) is 0 Å². The Morgan fingerprint density at radius 3 is 1.61 bits per heavy atom. The van der Waals surface area contributed by atoms with E-state index in [1.165, 1.54) is 56.4 Å². The predicted molar refractivity (Wildman–Crippen MR) is 351 cm³/mol. The first-order valence-corrected chi connectivity index (χ1v) is 36.1. The summed E-state index contributed by atoms with van der Waals surface area (Å²) in [6.45, 7) is -1.68. The van der Waals surface area contributed by atoms with E-state index in [1.54, 1.807) is 0 Å². The van der Waals surface area contributed by atoms with Crippen molar-refractivity contribution in [1.82, 2.24) is 16.0 Å². The minimum Gasteiger partial charge on any atom is -0.477 e. The summed E-state index contributed by atoms with van der Waals surface area (Å²) in [7, 11) is 0. The lowest BCUT2D eigenvalue weighted by Crippen LogP contribution is -2.72. The highest BCUT2D eigenvalue weighted by atomic mass is 19.4. The van der Waals surface area contributed by atoms with Crippen LogP contribution < -0.4 is 16.0 Å². The number of benzene rings is 1. The van der Waals surface area contributed by atoms with Gasteiger partial charge in [-0.25, -0.2) is 4.79 Å². The zero-order valence-electron chi connectivity index (χ0n) is 59.2. The van der Waals surface area contributed by atoms with Crippen molar-refractivity contribution in [3.8, 4) is 0 Å². The van der Waals surface area contributed by atoms with Gasteiger partial charge in [0.05, 0.1) is 51.3 Å². The van der Waals surface area contributed by atoms with Gasteiger partial charge in [-0.15, -0.1) is 10.2 Å². The van der Waals surface area contributed by atoms with Crippen molar-refractivity contribution >= 4 is 23.7 Å². The monoisotopic (exact) mass is 1540 g/mol. The minimum absolute atomic E-state index is 0.0302. The van der Waals surface area contributed by atoms with Crippen molar-refractivity contribution in [2.75, 3.05) is 33.0 Å². The van der Waals surface area contributed by atoms with Gasteiger partial charge in [0, 0.05) is 32.3 Å². The first kappa shape index (κ1) is 88.7. The van der Waals surface area contributed by atoms with Crippen LogP contribution in [-0.2, 0) is 78.6 Å². The Labute approximate surface area is 609 Å². The molecule has 7 rings (SSSR count). The molecule has 0 radical (unpaired) electrons. The number of nitrogens with zero attached hydrogens (tertiary/aromatic N) is 2. The molecule has 608 valence electrons. The molecular formula is C67H108F3N5O31. The van der Waals surface area contributed by atoms with E-state index in [1.807, 2.05) is 0 Å². The van der Waals surface area contributed by atoms with E-state index in [0.29, 0.717) is 31.2 Å². The molecule has 28 unspecified atom stereocenters. The summed E-state index contributed by atoms with van der Waals surface area (Å²) in [5.41, 5.74) is -2.11. The maximum Gasteiger partial charge on any atom is 0.442 e. The van der Waals surface area contributed by atoms with Gasteiger partial charge in [-0.3, -0.25) is 14.4 Å². The molecule has 20 N–H and O–H groups in total. The zero-order valence-corrected chi connectivity index (χ0v) is 59.2. The van der Waals surface area contributed by atoms with Crippen molar-refractivity contribution in [2.45, 2.75) is 326 Å². The van der Waals surface area contributed by atoms with Gasteiger partial charge in [0.15, 0.2) is 31.4 Å². The van der Waals surface area contributed by atoms with E-state index < -0.39 is 246 Å². The molecule has 106 heavy (non-hydrogen) atoms.